The summed E-state index contributed by atoms with van der Waals surface area (Å²) < 4.78 is 14.4. The molecular formula is C13H10FN3O. The van der Waals surface area contributed by atoms with Crippen LogP contribution in [0.1, 0.15) is 23.0 Å². The van der Waals surface area contributed by atoms with E-state index in [1.807, 2.05) is 6.07 Å². The molecule has 1 heterocycles. The zero-order chi connectivity index (χ0) is 13.3. The van der Waals surface area contributed by atoms with Crippen LogP contribution in [0.25, 0.3) is 5.69 Å². The van der Waals surface area contributed by atoms with E-state index in [-0.39, 0.29) is 28.5 Å². The van der Waals surface area contributed by atoms with Crippen molar-refractivity contribution in [3.8, 4) is 11.8 Å². The van der Waals surface area contributed by atoms with Gasteiger partial charge in [0.15, 0.2) is 5.78 Å². The maximum absolute atomic E-state index is 12.9. The maximum atomic E-state index is 12.9. The minimum absolute atomic E-state index is 0.148. The Morgan fingerprint density at radius 1 is 1.39 bits per heavy atom. The zero-order valence-corrected chi connectivity index (χ0v) is 9.64. The predicted molar refractivity (Wildman–Crippen MR) is 64.9 cm³/mol. The molecule has 2 aromatic rings. The van der Waals surface area contributed by atoms with Crippen molar-refractivity contribution in [1.29, 1.82) is 5.26 Å². The maximum Gasteiger partial charge on any atom is 0.178 e. The average Bonchev–Trinajstić information content (AvgIpc) is 2.67. The largest absolute Gasteiger partial charge is 0.396 e. The van der Waals surface area contributed by atoms with Crippen molar-refractivity contribution in [3.05, 3.63) is 47.5 Å². The summed E-state index contributed by atoms with van der Waals surface area (Å²) in [5.41, 5.74) is 6.93. The summed E-state index contributed by atoms with van der Waals surface area (Å²) in [7, 11) is 0. The monoisotopic (exact) mass is 243 g/mol. The molecule has 0 aliphatic carbocycles. The molecule has 5 heteroatoms. The fourth-order valence-electron chi connectivity index (χ4n) is 1.77. The van der Waals surface area contributed by atoms with Gasteiger partial charge in [-0.2, -0.15) is 5.26 Å². The van der Waals surface area contributed by atoms with Crippen molar-refractivity contribution in [1.82, 2.24) is 4.57 Å². The number of anilines is 1. The first-order valence-corrected chi connectivity index (χ1v) is 5.22. The quantitative estimate of drug-likeness (QED) is 0.822. The number of nitrogens with zero attached hydrogens (tertiary/aromatic N) is 2. The number of hydrogen-bond donors (Lipinski definition) is 1. The Labute approximate surface area is 103 Å². The van der Waals surface area contributed by atoms with Gasteiger partial charge in [0, 0.05) is 18.8 Å². The SMILES string of the molecule is CC(=O)c1c(N)c(C#N)cn1-c1ccc(F)cc1. The van der Waals surface area contributed by atoms with Crippen LogP contribution in [0.4, 0.5) is 10.1 Å². The molecule has 1 aromatic heterocycles. The Bertz CT molecular complexity index is 650. The van der Waals surface area contributed by atoms with Crippen LogP contribution < -0.4 is 5.73 Å². The van der Waals surface area contributed by atoms with Crippen LogP contribution in [0.2, 0.25) is 0 Å². The lowest BCUT2D eigenvalue weighted by Crippen LogP contribution is -2.06. The summed E-state index contributed by atoms with van der Waals surface area (Å²) in [5.74, 6) is -0.623. The van der Waals surface area contributed by atoms with Gasteiger partial charge < -0.3 is 10.3 Å². The van der Waals surface area contributed by atoms with E-state index in [0.717, 1.165) is 0 Å². The summed E-state index contributed by atoms with van der Waals surface area (Å²) in [6.07, 6.45) is 1.47. The molecule has 0 spiro atoms. The highest BCUT2D eigenvalue weighted by molar-refractivity contribution is 5.99. The van der Waals surface area contributed by atoms with E-state index in [9.17, 15) is 9.18 Å². The Kier molecular flexibility index (Phi) is 2.86. The van der Waals surface area contributed by atoms with Gasteiger partial charge in [-0.1, -0.05) is 0 Å². The number of ketones is 1. The Balaban J connectivity index is 2.68. The van der Waals surface area contributed by atoms with Gasteiger partial charge in [0.1, 0.15) is 17.6 Å². The number of carbonyl (C=O) groups is 1. The second-order valence-corrected chi connectivity index (χ2v) is 3.82. The molecule has 0 atom stereocenters. The topological polar surface area (TPSA) is 71.8 Å². The molecule has 0 amide bonds. The number of halogens is 1. The normalized spacial score (nSPS) is 10.1. The fourth-order valence-corrected chi connectivity index (χ4v) is 1.77. The van der Waals surface area contributed by atoms with E-state index in [0.29, 0.717) is 5.69 Å². The molecule has 1 aromatic carbocycles. The lowest BCUT2D eigenvalue weighted by Gasteiger charge is -2.07. The Morgan fingerprint density at radius 3 is 2.50 bits per heavy atom. The van der Waals surface area contributed by atoms with E-state index < -0.39 is 0 Å². The van der Waals surface area contributed by atoms with Crippen molar-refractivity contribution in [2.45, 2.75) is 6.92 Å². The molecule has 18 heavy (non-hydrogen) atoms. The van der Waals surface area contributed by atoms with E-state index in [2.05, 4.69) is 0 Å². The highest BCUT2D eigenvalue weighted by Gasteiger charge is 2.17. The van der Waals surface area contributed by atoms with E-state index in [1.54, 1.807) is 0 Å². The molecule has 0 unspecified atom stereocenters. The van der Waals surface area contributed by atoms with Crippen molar-refractivity contribution in [3.63, 3.8) is 0 Å². The smallest absolute Gasteiger partial charge is 0.178 e. The number of Topliss-reactive ketones (excluding diaryl/α,β-unsaturated/α-hetero) is 1. The lowest BCUT2D eigenvalue weighted by molar-refractivity contribution is 0.101. The molecule has 0 saturated heterocycles. The number of carbonyl (C=O) groups excluding carboxylic acids is 1. The molecule has 0 bridgehead atoms. The third-order valence-electron chi connectivity index (χ3n) is 2.60. The zero-order valence-electron chi connectivity index (χ0n) is 9.64. The van der Waals surface area contributed by atoms with Gasteiger partial charge in [0.2, 0.25) is 0 Å². The van der Waals surface area contributed by atoms with E-state index in [1.165, 1.54) is 42.0 Å². The molecule has 0 radical (unpaired) electrons. The number of hydrogen-bond acceptors (Lipinski definition) is 3. The third kappa shape index (κ3) is 1.84. The molecule has 90 valence electrons. The van der Waals surface area contributed by atoms with Crippen LogP contribution in [-0.2, 0) is 0 Å². The van der Waals surface area contributed by atoms with Crippen LogP contribution in [0.5, 0.6) is 0 Å². The summed E-state index contributed by atoms with van der Waals surface area (Å²) in [6.45, 7) is 1.37. The minimum Gasteiger partial charge on any atom is -0.396 e. The van der Waals surface area contributed by atoms with Gasteiger partial charge in [-0.15, -0.1) is 0 Å². The fraction of sp³-hybridized carbons (Fsp3) is 0.0769. The van der Waals surface area contributed by atoms with Crippen molar-refractivity contribution < 1.29 is 9.18 Å². The van der Waals surface area contributed by atoms with Crippen LogP contribution in [0.3, 0.4) is 0 Å². The number of nitrogen functional groups attached to an aromatic ring is 1. The summed E-state index contributed by atoms with van der Waals surface area (Å²) in [4.78, 5) is 11.6. The average molecular weight is 243 g/mol. The summed E-state index contributed by atoms with van der Waals surface area (Å²) in [5, 5.41) is 8.91. The van der Waals surface area contributed by atoms with Gasteiger partial charge in [-0.05, 0) is 24.3 Å². The summed E-state index contributed by atoms with van der Waals surface area (Å²) in [6, 6.07) is 7.51. The molecule has 0 aliphatic heterocycles. The Morgan fingerprint density at radius 2 is 2.00 bits per heavy atom. The highest BCUT2D eigenvalue weighted by atomic mass is 19.1. The number of aromatic nitrogens is 1. The van der Waals surface area contributed by atoms with Crippen LogP contribution >= 0.6 is 0 Å². The third-order valence-corrected chi connectivity index (χ3v) is 2.60. The molecule has 2 rings (SSSR count). The van der Waals surface area contributed by atoms with Gasteiger partial charge in [0.05, 0.1) is 11.3 Å². The molecule has 4 nitrogen and oxygen atoms in total. The summed E-state index contributed by atoms with van der Waals surface area (Å²) >= 11 is 0. The van der Waals surface area contributed by atoms with Crippen molar-refractivity contribution in [2.24, 2.45) is 0 Å². The first-order chi connectivity index (χ1) is 8.54. The van der Waals surface area contributed by atoms with Crippen LogP contribution in [-0.4, -0.2) is 10.4 Å². The van der Waals surface area contributed by atoms with Gasteiger partial charge >= 0.3 is 0 Å². The second kappa shape index (κ2) is 4.34. The minimum atomic E-state index is -0.372. The highest BCUT2D eigenvalue weighted by Crippen LogP contribution is 2.24. The van der Waals surface area contributed by atoms with E-state index in [4.69, 9.17) is 11.0 Å². The lowest BCUT2D eigenvalue weighted by atomic mass is 10.2. The predicted octanol–water partition coefficient (Wildman–Crippen LogP) is 2.27. The van der Waals surface area contributed by atoms with E-state index >= 15 is 0 Å². The second-order valence-electron chi connectivity index (χ2n) is 3.82. The first-order valence-electron chi connectivity index (χ1n) is 5.22. The number of nitriles is 1. The van der Waals surface area contributed by atoms with Crippen LogP contribution in [0, 0.1) is 17.1 Å². The molecule has 0 aliphatic rings. The van der Waals surface area contributed by atoms with Gasteiger partial charge in [-0.25, -0.2) is 4.39 Å². The van der Waals surface area contributed by atoms with Crippen molar-refractivity contribution in [2.75, 3.05) is 5.73 Å². The van der Waals surface area contributed by atoms with Gasteiger partial charge in [0.25, 0.3) is 0 Å². The molecule has 0 fully saturated rings. The van der Waals surface area contributed by atoms with Crippen molar-refractivity contribution >= 4 is 11.5 Å². The Hall–Kier alpha value is -2.61. The number of rotatable bonds is 2. The standard InChI is InChI=1S/C13H10FN3O/c1-8(18)13-12(16)9(6-15)7-17(13)11-4-2-10(14)3-5-11/h2-5,7H,16H2,1H3. The molecular weight excluding hydrogens is 233 g/mol. The number of nitrogens with two attached hydrogens (primary N) is 1. The van der Waals surface area contributed by atoms with Crippen LogP contribution in [0.15, 0.2) is 30.5 Å². The number of benzene rings is 1. The van der Waals surface area contributed by atoms with Gasteiger partial charge in [-0.3, -0.25) is 4.79 Å². The first kappa shape index (κ1) is 11.9. The molecule has 2 N–H and O–H groups in total. The molecule has 0 saturated carbocycles.